The predicted molar refractivity (Wildman–Crippen MR) is 156 cm³/mol. The maximum atomic E-state index is 12.8. The average molecular weight is 599 g/mol. The Morgan fingerprint density at radius 3 is 2.23 bits per heavy atom. The first-order chi connectivity index (χ1) is 19.0. The number of aliphatic carboxylic acids is 1. The first-order valence-electron chi connectivity index (χ1n) is 13.5. The molecule has 0 bridgehead atoms. The van der Waals surface area contributed by atoms with E-state index in [9.17, 15) is 14.7 Å². The van der Waals surface area contributed by atoms with Crippen molar-refractivity contribution >= 4 is 35.3 Å². The topological polar surface area (TPSA) is 94.5 Å². The van der Waals surface area contributed by atoms with Crippen LogP contribution in [0.4, 0.5) is 4.79 Å². The number of carbonyl (C=O) groups is 2. The van der Waals surface area contributed by atoms with Gasteiger partial charge < -0.3 is 29.0 Å². The van der Waals surface area contributed by atoms with Crippen molar-refractivity contribution in [2.45, 2.75) is 59.7 Å². The van der Waals surface area contributed by atoms with Gasteiger partial charge in [0.25, 0.3) is 0 Å². The Morgan fingerprint density at radius 1 is 0.950 bits per heavy atom. The van der Waals surface area contributed by atoms with Crippen LogP contribution in [0.2, 0.25) is 10.0 Å². The summed E-state index contributed by atoms with van der Waals surface area (Å²) in [5.41, 5.74) is 1.60. The number of nitrogens with zero attached hydrogens (tertiary/aromatic N) is 1. The average Bonchev–Trinajstić information content (AvgIpc) is 2.87. The van der Waals surface area contributed by atoms with Gasteiger partial charge in [-0.15, -0.1) is 0 Å². The van der Waals surface area contributed by atoms with E-state index >= 15 is 0 Å². The molecule has 0 saturated carbocycles. The highest BCUT2D eigenvalue weighted by Gasteiger charge is 2.20. The number of ether oxygens (including phenoxy) is 4. The van der Waals surface area contributed by atoms with Crippen molar-refractivity contribution in [3.63, 3.8) is 0 Å². The fourth-order valence-electron chi connectivity index (χ4n) is 3.68. The first-order valence-corrected chi connectivity index (χ1v) is 14.2. The van der Waals surface area contributed by atoms with Gasteiger partial charge in [-0.05, 0) is 66.6 Å². The summed E-state index contributed by atoms with van der Waals surface area (Å²) in [6, 6.07) is 12.5. The minimum atomic E-state index is -0.988. The number of carbonyl (C=O) groups excluding carboxylic acids is 1. The summed E-state index contributed by atoms with van der Waals surface area (Å²) in [5.74, 6) is -0.359. The van der Waals surface area contributed by atoms with Gasteiger partial charge in [0.2, 0.25) is 0 Å². The molecule has 40 heavy (non-hydrogen) atoms. The maximum absolute atomic E-state index is 12.8. The molecule has 2 rings (SSSR count). The predicted octanol–water partition coefficient (Wildman–Crippen LogP) is 6.89. The third kappa shape index (κ3) is 13.7. The quantitative estimate of drug-likeness (QED) is 0.198. The van der Waals surface area contributed by atoms with E-state index in [2.05, 4.69) is 0 Å². The number of benzene rings is 2. The molecule has 10 heteroatoms. The van der Waals surface area contributed by atoms with Crippen molar-refractivity contribution in [1.29, 1.82) is 0 Å². The Balaban J connectivity index is 1.82. The van der Waals surface area contributed by atoms with E-state index < -0.39 is 12.1 Å². The molecule has 0 aliphatic heterocycles. The highest BCUT2D eigenvalue weighted by Crippen LogP contribution is 2.20. The molecule has 0 aromatic heterocycles. The van der Waals surface area contributed by atoms with E-state index in [1.807, 2.05) is 45.0 Å². The van der Waals surface area contributed by atoms with Gasteiger partial charge in [0.15, 0.2) is 6.10 Å². The van der Waals surface area contributed by atoms with Gasteiger partial charge in [-0.2, -0.15) is 0 Å². The third-order valence-electron chi connectivity index (χ3n) is 5.66. The Labute approximate surface area is 247 Å². The molecule has 1 amide bonds. The van der Waals surface area contributed by atoms with Crippen LogP contribution in [0.15, 0.2) is 42.5 Å². The molecule has 222 valence electrons. The fraction of sp³-hybridized carbons (Fsp3) is 0.533. The lowest BCUT2D eigenvalue weighted by Crippen LogP contribution is -2.37. The standard InChI is InChI=1S/C30H41Cl2NO7/c1-5-38-27(28(34)35)18-22-8-10-26(11-9-22)39-15-13-33(29(36)40-21-30(2,3)4)12-6-7-14-37-20-23-16-24(31)19-25(32)17-23/h8-11,16-17,19,27H,5-7,12-15,18,20-21H2,1-4H3,(H,34,35). The summed E-state index contributed by atoms with van der Waals surface area (Å²) >= 11 is 12.1. The van der Waals surface area contributed by atoms with E-state index in [1.165, 1.54) is 0 Å². The number of halogens is 2. The minimum Gasteiger partial charge on any atom is -0.492 e. The second kappa shape index (κ2) is 17.3. The molecular formula is C30H41Cl2NO7. The number of carboxylic acid groups (broad SMARTS) is 1. The Morgan fingerprint density at radius 2 is 1.62 bits per heavy atom. The molecule has 0 aliphatic carbocycles. The van der Waals surface area contributed by atoms with Crippen LogP contribution in [0.25, 0.3) is 0 Å². The minimum absolute atomic E-state index is 0.140. The van der Waals surface area contributed by atoms with Gasteiger partial charge in [-0.3, -0.25) is 0 Å². The van der Waals surface area contributed by atoms with Crippen molar-refractivity contribution in [3.8, 4) is 5.75 Å². The highest BCUT2D eigenvalue weighted by atomic mass is 35.5. The SMILES string of the molecule is CCOC(Cc1ccc(OCCN(CCCCOCc2cc(Cl)cc(Cl)c2)C(=O)OCC(C)(C)C)cc1)C(=O)O. The molecule has 1 atom stereocenters. The Bertz CT molecular complexity index is 1040. The van der Waals surface area contributed by atoms with Crippen LogP contribution < -0.4 is 4.74 Å². The molecule has 2 aromatic carbocycles. The van der Waals surface area contributed by atoms with Gasteiger partial charge in [-0.25, -0.2) is 9.59 Å². The summed E-state index contributed by atoms with van der Waals surface area (Å²) in [4.78, 5) is 25.8. The van der Waals surface area contributed by atoms with Gasteiger partial charge in [0.05, 0.1) is 19.8 Å². The zero-order chi connectivity index (χ0) is 29.5. The first kappa shape index (κ1) is 33.7. The van der Waals surface area contributed by atoms with Crippen molar-refractivity contribution in [2.24, 2.45) is 5.41 Å². The van der Waals surface area contributed by atoms with Crippen LogP contribution in [0.5, 0.6) is 5.75 Å². The number of hydrogen-bond acceptors (Lipinski definition) is 6. The van der Waals surface area contributed by atoms with Gasteiger partial charge >= 0.3 is 12.1 Å². The molecule has 8 nitrogen and oxygen atoms in total. The molecule has 0 aliphatic rings. The summed E-state index contributed by atoms with van der Waals surface area (Å²) in [5, 5.41) is 10.4. The zero-order valence-electron chi connectivity index (χ0n) is 23.8. The normalized spacial score (nSPS) is 12.2. The van der Waals surface area contributed by atoms with E-state index in [0.717, 1.165) is 24.0 Å². The lowest BCUT2D eigenvalue weighted by atomic mass is 9.99. The second-order valence-corrected chi connectivity index (χ2v) is 11.5. The molecule has 0 saturated heterocycles. The van der Waals surface area contributed by atoms with Crippen molar-refractivity contribution < 1.29 is 33.6 Å². The molecule has 0 heterocycles. The molecule has 1 unspecified atom stereocenters. The van der Waals surface area contributed by atoms with E-state index in [-0.39, 0.29) is 24.5 Å². The van der Waals surface area contributed by atoms with Crippen LogP contribution >= 0.6 is 23.2 Å². The molecule has 2 aromatic rings. The van der Waals surface area contributed by atoms with Crippen LogP contribution in [0.3, 0.4) is 0 Å². The largest absolute Gasteiger partial charge is 0.492 e. The van der Waals surface area contributed by atoms with E-state index in [4.69, 9.17) is 42.1 Å². The summed E-state index contributed by atoms with van der Waals surface area (Å²) in [6.45, 7) is 10.5. The Hall–Kier alpha value is -2.52. The second-order valence-electron chi connectivity index (χ2n) is 10.6. The molecule has 0 fully saturated rings. The number of carboxylic acids is 1. The zero-order valence-corrected chi connectivity index (χ0v) is 25.3. The third-order valence-corrected chi connectivity index (χ3v) is 6.10. The van der Waals surface area contributed by atoms with Crippen LogP contribution in [-0.4, -0.2) is 67.7 Å². The van der Waals surface area contributed by atoms with Crippen LogP contribution in [-0.2, 0) is 32.0 Å². The number of amides is 1. The number of hydrogen-bond donors (Lipinski definition) is 1. The van der Waals surface area contributed by atoms with Crippen LogP contribution in [0, 0.1) is 5.41 Å². The molecule has 1 N–H and O–H groups in total. The van der Waals surface area contributed by atoms with E-state index in [0.29, 0.717) is 55.3 Å². The Kier molecular flexibility index (Phi) is 14.6. The monoisotopic (exact) mass is 597 g/mol. The smallest absolute Gasteiger partial charge is 0.409 e. The highest BCUT2D eigenvalue weighted by molar-refractivity contribution is 6.34. The number of unbranched alkanes of at least 4 members (excludes halogenated alkanes) is 1. The molecule has 0 radical (unpaired) electrons. The molecular weight excluding hydrogens is 557 g/mol. The van der Waals surface area contributed by atoms with E-state index in [1.54, 1.807) is 30.0 Å². The molecule has 0 spiro atoms. The van der Waals surface area contributed by atoms with Crippen LogP contribution in [0.1, 0.15) is 51.7 Å². The number of rotatable bonds is 17. The van der Waals surface area contributed by atoms with Crippen molar-refractivity contribution in [1.82, 2.24) is 4.90 Å². The van der Waals surface area contributed by atoms with Crippen molar-refractivity contribution in [3.05, 3.63) is 63.6 Å². The fourth-order valence-corrected chi connectivity index (χ4v) is 4.25. The van der Waals surface area contributed by atoms with Gasteiger partial charge in [-0.1, -0.05) is 56.1 Å². The van der Waals surface area contributed by atoms with Crippen molar-refractivity contribution in [2.75, 3.05) is 39.5 Å². The van der Waals surface area contributed by atoms with Gasteiger partial charge in [0.1, 0.15) is 12.4 Å². The maximum Gasteiger partial charge on any atom is 0.409 e. The lowest BCUT2D eigenvalue weighted by Gasteiger charge is -2.25. The summed E-state index contributed by atoms with van der Waals surface area (Å²) < 4.78 is 22.4. The summed E-state index contributed by atoms with van der Waals surface area (Å²) in [7, 11) is 0. The lowest BCUT2D eigenvalue weighted by molar-refractivity contribution is -0.149. The summed E-state index contributed by atoms with van der Waals surface area (Å²) in [6.07, 6.45) is 0.510. The van der Waals surface area contributed by atoms with Gasteiger partial charge in [0, 0.05) is 36.2 Å².